The molecule has 3 aromatic carbocycles. The minimum Gasteiger partial charge on any atom is -0.497 e. The van der Waals surface area contributed by atoms with Gasteiger partial charge in [0.25, 0.3) is 0 Å². The maximum Gasteiger partial charge on any atom is 0.243 e. The highest BCUT2D eigenvalue weighted by atomic mass is 35.5. The van der Waals surface area contributed by atoms with Gasteiger partial charge in [-0.1, -0.05) is 43.6 Å². The second-order valence-electron chi connectivity index (χ2n) is 11.3. The number of sulfonamides is 1. The Balaban J connectivity index is 1.54. The van der Waals surface area contributed by atoms with E-state index in [9.17, 15) is 13.2 Å². The van der Waals surface area contributed by atoms with Crippen molar-refractivity contribution in [3.63, 3.8) is 0 Å². The molecule has 0 saturated carbocycles. The second kappa shape index (κ2) is 14.2. The molecule has 43 heavy (non-hydrogen) atoms. The standard InChI is InChI=1S/C32H40ClFN4O4S/c1-20(2)30(22-7-5-8-23(33)17-22)31(35)32(39)37-29-10-6-9-28(34)27(29)16-11-24-19-36-18-21(3)38(24)43(40,41)26-14-12-25(42-4)13-15-26/h5-10,12-15,17,20-21,24,30-31,36H,11,16,18-19,35H2,1-4H3,(H,37,39)/t21-,24-,30?,31-/m0/s1. The summed E-state index contributed by atoms with van der Waals surface area (Å²) < 4.78 is 49.4. The number of benzene rings is 3. The first-order chi connectivity index (χ1) is 20.4. The number of hydrogen-bond acceptors (Lipinski definition) is 6. The van der Waals surface area contributed by atoms with Crippen molar-refractivity contribution in [2.45, 2.75) is 62.6 Å². The molecule has 1 amide bonds. The normalized spacial score (nSPS) is 19.2. The number of nitrogens with zero attached hydrogens (tertiary/aromatic N) is 1. The summed E-state index contributed by atoms with van der Waals surface area (Å²) >= 11 is 6.21. The molecular weight excluding hydrogens is 591 g/mol. The van der Waals surface area contributed by atoms with E-state index in [2.05, 4.69) is 10.6 Å². The van der Waals surface area contributed by atoms with E-state index in [1.165, 1.54) is 35.7 Å². The number of carbonyl (C=O) groups excluding carboxylic acids is 1. The topological polar surface area (TPSA) is 114 Å². The molecule has 1 aliphatic rings. The lowest BCUT2D eigenvalue weighted by atomic mass is 9.82. The van der Waals surface area contributed by atoms with E-state index in [0.29, 0.717) is 41.5 Å². The zero-order valence-electron chi connectivity index (χ0n) is 24.9. The van der Waals surface area contributed by atoms with Crippen LogP contribution in [0.3, 0.4) is 0 Å². The number of carbonyl (C=O) groups is 1. The molecule has 4 atom stereocenters. The molecule has 0 aliphatic carbocycles. The SMILES string of the molecule is COc1ccc(S(=O)(=O)N2[C@@H](CCc3c(F)cccc3NC(=O)[C@@H](N)C(c3cccc(Cl)c3)C(C)C)CNC[C@@H]2C)cc1. The fraction of sp³-hybridized carbons (Fsp3) is 0.406. The zero-order chi connectivity index (χ0) is 31.3. The molecule has 232 valence electrons. The van der Waals surface area contributed by atoms with Crippen LogP contribution in [-0.4, -0.2) is 57.0 Å². The highest BCUT2D eigenvalue weighted by Gasteiger charge is 2.38. The molecule has 1 unspecified atom stereocenters. The Bertz CT molecular complexity index is 1520. The first-order valence-corrected chi connectivity index (χ1v) is 16.2. The van der Waals surface area contributed by atoms with Gasteiger partial charge < -0.3 is 21.1 Å². The van der Waals surface area contributed by atoms with Crippen LogP contribution in [0.15, 0.2) is 71.6 Å². The quantitative estimate of drug-likeness (QED) is 0.269. The maximum atomic E-state index is 15.2. The Morgan fingerprint density at radius 1 is 1.14 bits per heavy atom. The molecule has 8 nitrogen and oxygen atoms in total. The van der Waals surface area contributed by atoms with Gasteiger partial charge in [-0.2, -0.15) is 4.31 Å². The zero-order valence-corrected chi connectivity index (χ0v) is 26.5. The van der Waals surface area contributed by atoms with Gasteiger partial charge in [0, 0.05) is 47.4 Å². The number of methoxy groups -OCH3 is 1. The first-order valence-electron chi connectivity index (χ1n) is 14.4. The summed E-state index contributed by atoms with van der Waals surface area (Å²) in [6, 6.07) is 16.4. The number of nitrogens with two attached hydrogens (primary N) is 1. The van der Waals surface area contributed by atoms with Crippen molar-refractivity contribution in [3.05, 3.63) is 88.7 Å². The lowest BCUT2D eigenvalue weighted by molar-refractivity contribution is -0.118. The van der Waals surface area contributed by atoms with Gasteiger partial charge in [0.05, 0.1) is 18.0 Å². The summed E-state index contributed by atoms with van der Waals surface area (Å²) in [4.78, 5) is 13.6. The third kappa shape index (κ3) is 7.56. The predicted octanol–water partition coefficient (Wildman–Crippen LogP) is 5.18. The van der Waals surface area contributed by atoms with E-state index in [1.807, 2.05) is 32.9 Å². The molecule has 1 saturated heterocycles. The average Bonchev–Trinajstić information content (AvgIpc) is 2.96. The van der Waals surface area contributed by atoms with E-state index in [1.54, 1.807) is 30.3 Å². The Labute approximate surface area is 258 Å². The third-order valence-electron chi connectivity index (χ3n) is 7.99. The number of ether oxygens (including phenoxy) is 1. The Hall–Kier alpha value is -3.02. The minimum atomic E-state index is -3.84. The van der Waals surface area contributed by atoms with Crippen LogP contribution in [-0.2, 0) is 21.2 Å². The summed E-state index contributed by atoms with van der Waals surface area (Å²) in [5, 5.41) is 6.70. The van der Waals surface area contributed by atoms with Crippen molar-refractivity contribution in [1.82, 2.24) is 9.62 Å². The van der Waals surface area contributed by atoms with Crippen LogP contribution in [0, 0.1) is 11.7 Å². The highest BCUT2D eigenvalue weighted by molar-refractivity contribution is 7.89. The smallest absolute Gasteiger partial charge is 0.243 e. The second-order valence-corrected chi connectivity index (χ2v) is 13.6. The highest BCUT2D eigenvalue weighted by Crippen LogP contribution is 2.31. The van der Waals surface area contributed by atoms with Gasteiger partial charge in [-0.15, -0.1) is 0 Å². The fourth-order valence-corrected chi connectivity index (χ4v) is 7.91. The van der Waals surface area contributed by atoms with E-state index in [0.717, 1.165) is 5.56 Å². The molecule has 11 heteroatoms. The largest absolute Gasteiger partial charge is 0.497 e. The van der Waals surface area contributed by atoms with Crippen molar-refractivity contribution in [2.24, 2.45) is 11.7 Å². The van der Waals surface area contributed by atoms with Gasteiger partial charge >= 0.3 is 0 Å². The van der Waals surface area contributed by atoms with Gasteiger partial charge in [-0.25, -0.2) is 12.8 Å². The van der Waals surface area contributed by atoms with Crippen LogP contribution in [0.1, 0.15) is 44.2 Å². The van der Waals surface area contributed by atoms with Crippen molar-refractivity contribution >= 4 is 33.2 Å². The van der Waals surface area contributed by atoms with E-state index < -0.39 is 33.8 Å². The summed E-state index contributed by atoms with van der Waals surface area (Å²) in [6.07, 6.45) is 0.535. The predicted molar refractivity (Wildman–Crippen MR) is 168 cm³/mol. The lowest BCUT2D eigenvalue weighted by Gasteiger charge is -2.40. The molecule has 4 N–H and O–H groups in total. The number of amides is 1. The van der Waals surface area contributed by atoms with Crippen molar-refractivity contribution in [1.29, 1.82) is 0 Å². The number of halogens is 2. The molecule has 0 aromatic heterocycles. The van der Waals surface area contributed by atoms with E-state index >= 15 is 4.39 Å². The summed E-state index contributed by atoms with van der Waals surface area (Å²) in [5.74, 6) is -0.650. The van der Waals surface area contributed by atoms with E-state index in [-0.39, 0.29) is 29.2 Å². The van der Waals surface area contributed by atoms with Crippen LogP contribution < -0.4 is 21.1 Å². The monoisotopic (exact) mass is 630 g/mol. The minimum absolute atomic E-state index is 0.0330. The van der Waals surface area contributed by atoms with Crippen LogP contribution in [0.25, 0.3) is 0 Å². The van der Waals surface area contributed by atoms with Gasteiger partial charge in [-0.3, -0.25) is 4.79 Å². The molecule has 3 aromatic rings. The lowest BCUT2D eigenvalue weighted by Crippen LogP contribution is -2.58. The average molecular weight is 631 g/mol. The van der Waals surface area contributed by atoms with Crippen LogP contribution in [0.4, 0.5) is 10.1 Å². The van der Waals surface area contributed by atoms with Gasteiger partial charge in [0.1, 0.15) is 11.6 Å². The molecule has 1 heterocycles. The van der Waals surface area contributed by atoms with Gasteiger partial charge in [-0.05, 0) is 79.8 Å². The molecular formula is C32H40ClFN4O4S. The van der Waals surface area contributed by atoms with E-state index in [4.69, 9.17) is 22.1 Å². The van der Waals surface area contributed by atoms with Crippen molar-refractivity contribution in [3.8, 4) is 5.75 Å². The summed E-state index contributed by atoms with van der Waals surface area (Å²) in [7, 11) is -2.32. The molecule has 1 aliphatic heterocycles. The number of rotatable bonds is 11. The number of hydrogen-bond donors (Lipinski definition) is 3. The Kier molecular flexibility index (Phi) is 10.8. The molecule has 4 rings (SSSR count). The number of anilines is 1. The fourth-order valence-electron chi connectivity index (χ4n) is 5.87. The Morgan fingerprint density at radius 2 is 1.84 bits per heavy atom. The Morgan fingerprint density at radius 3 is 2.49 bits per heavy atom. The van der Waals surface area contributed by atoms with Crippen molar-refractivity contribution in [2.75, 3.05) is 25.5 Å². The summed E-state index contributed by atoms with van der Waals surface area (Å²) in [5.41, 5.74) is 7.95. The van der Waals surface area contributed by atoms with Gasteiger partial charge in [0.2, 0.25) is 15.9 Å². The van der Waals surface area contributed by atoms with Crippen molar-refractivity contribution < 1.29 is 22.3 Å². The molecule has 0 radical (unpaired) electrons. The molecule has 0 bridgehead atoms. The summed E-state index contributed by atoms with van der Waals surface area (Å²) in [6.45, 7) is 6.72. The van der Waals surface area contributed by atoms with Crippen LogP contribution in [0.5, 0.6) is 5.75 Å². The van der Waals surface area contributed by atoms with Crippen LogP contribution in [0.2, 0.25) is 5.02 Å². The maximum absolute atomic E-state index is 15.2. The third-order valence-corrected chi connectivity index (χ3v) is 10.3. The van der Waals surface area contributed by atoms with Gasteiger partial charge in [0.15, 0.2) is 0 Å². The number of nitrogens with one attached hydrogen (secondary N) is 2. The first kappa shape index (κ1) is 32.9. The number of piperazine rings is 1. The van der Waals surface area contributed by atoms with Crippen LogP contribution >= 0.6 is 11.6 Å². The molecule has 1 fully saturated rings. The molecule has 0 spiro atoms.